The molecule has 1 heterocycles. The zero-order valence-corrected chi connectivity index (χ0v) is 21.2. The van der Waals surface area contributed by atoms with Gasteiger partial charge in [0.05, 0.1) is 20.6 Å². The third-order valence-electron chi connectivity index (χ3n) is 6.01. The number of aliphatic carboxylic acids is 1. The molecule has 1 saturated heterocycles. The van der Waals surface area contributed by atoms with E-state index in [1.807, 2.05) is 0 Å². The van der Waals surface area contributed by atoms with Crippen LogP contribution in [-0.2, 0) is 25.5 Å². The van der Waals surface area contributed by atoms with E-state index in [0.29, 0.717) is 17.7 Å². The maximum Gasteiger partial charge on any atom is 0.335 e. The van der Waals surface area contributed by atoms with Crippen LogP contribution in [0.5, 0.6) is 23.0 Å². The maximum absolute atomic E-state index is 12.3. The molecule has 1 fully saturated rings. The molecule has 0 aliphatic carbocycles. The van der Waals surface area contributed by atoms with Crippen molar-refractivity contribution in [1.29, 1.82) is 0 Å². The van der Waals surface area contributed by atoms with Crippen molar-refractivity contribution in [1.82, 2.24) is 0 Å². The summed E-state index contributed by atoms with van der Waals surface area (Å²) in [4.78, 5) is 35.8. The van der Waals surface area contributed by atoms with Crippen molar-refractivity contribution in [2.75, 3.05) is 14.2 Å². The third kappa shape index (κ3) is 7.54. The number of aromatic hydroxyl groups is 1. The Morgan fingerprint density at radius 1 is 0.923 bits per heavy atom. The molecule has 0 saturated carbocycles. The number of aliphatic hydroxyl groups excluding tert-OH is 3. The van der Waals surface area contributed by atoms with E-state index in [2.05, 4.69) is 0 Å². The van der Waals surface area contributed by atoms with Gasteiger partial charge >= 0.3 is 5.97 Å². The van der Waals surface area contributed by atoms with E-state index in [0.717, 1.165) is 5.56 Å². The first-order valence-corrected chi connectivity index (χ1v) is 11.9. The van der Waals surface area contributed by atoms with Crippen LogP contribution in [0, 0.1) is 0 Å². The second-order valence-corrected chi connectivity index (χ2v) is 8.78. The number of ketones is 2. The van der Waals surface area contributed by atoms with Crippen molar-refractivity contribution >= 4 is 23.6 Å². The van der Waals surface area contributed by atoms with E-state index in [-0.39, 0.29) is 35.9 Å². The summed E-state index contributed by atoms with van der Waals surface area (Å²) in [6, 6.07) is 9.23. The number of aliphatic hydroxyl groups is 3. The summed E-state index contributed by atoms with van der Waals surface area (Å²) in [5.41, 5.74) is 1.30. The summed E-state index contributed by atoms with van der Waals surface area (Å²) in [5, 5.41) is 48.7. The van der Waals surface area contributed by atoms with Gasteiger partial charge in [0, 0.05) is 6.42 Å². The number of hydrogen-bond donors (Lipinski definition) is 5. The normalized spacial score (nSPS) is 22.8. The molecular formula is C27H30O12. The minimum atomic E-state index is -1.85. The predicted octanol–water partition coefficient (Wildman–Crippen LogP) is 0.855. The lowest BCUT2D eigenvalue weighted by Crippen LogP contribution is -2.61. The number of ether oxygens (including phenoxy) is 4. The average Bonchev–Trinajstić information content (AvgIpc) is 2.91. The molecule has 1 aliphatic heterocycles. The molecular weight excluding hydrogens is 516 g/mol. The average molecular weight is 547 g/mol. The molecule has 0 unspecified atom stereocenters. The Labute approximate surface area is 223 Å². The van der Waals surface area contributed by atoms with E-state index in [1.54, 1.807) is 12.1 Å². The van der Waals surface area contributed by atoms with Gasteiger partial charge in [0.2, 0.25) is 6.29 Å². The predicted molar refractivity (Wildman–Crippen MR) is 135 cm³/mol. The summed E-state index contributed by atoms with van der Waals surface area (Å²) < 4.78 is 20.9. The van der Waals surface area contributed by atoms with Crippen LogP contribution in [0.2, 0.25) is 0 Å². The Kier molecular flexibility index (Phi) is 10.0. The summed E-state index contributed by atoms with van der Waals surface area (Å²) in [7, 11) is 2.76. The Balaban J connectivity index is 1.59. The van der Waals surface area contributed by atoms with Crippen LogP contribution in [0.1, 0.15) is 24.0 Å². The molecule has 1 aliphatic rings. The molecule has 2 aromatic rings. The number of benzene rings is 2. The van der Waals surface area contributed by atoms with E-state index in [4.69, 9.17) is 18.9 Å². The van der Waals surface area contributed by atoms with Crippen LogP contribution in [0.4, 0.5) is 0 Å². The molecule has 5 N–H and O–H groups in total. The Bertz CT molecular complexity index is 1220. The lowest BCUT2D eigenvalue weighted by atomic mass is 9.99. The monoisotopic (exact) mass is 546 g/mol. The first kappa shape index (κ1) is 29.6. The van der Waals surface area contributed by atoms with Crippen molar-refractivity contribution in [2.45, 2.75) is 50.0 Å². The quantitative estimate of drug-likeness (QED) is 0.187. The molecule has 12 heteroatoms. The van der Waals surface area contributed by atoms with Gasteiger partial charge in [-0.3, -0.25) is 9.59 Å². The van der Waals surface area contributed by atoms with Gasteiger partial charge < -0.3 is 44.5 Å². The Morgan fingerprint density at radius 3 is 2.31 bits per heavy atom. The van der Waals surface area contributed by atoms with Gasteiger partial charge in [-0.2, -0.15) is 0 Å². The number of phenols is 1. The molecule has 0 spiro atoms. The molecule has 0 bridgehead atoms. The number of carboxylic acids is 1. The van der Waals surface area contributed by atoms with E-state index in [9.17, 15) is 39.9 Å². The fourth-order valence-electron chi connectivity index (χ4n) is 3.85. The molecule has 39 heavy (non-hydrogen) atoms. The van der Waals surface area contributed by atoms with Crippen LogP contribution < -0.4 is 14.2 Å². The van der Waals surface area contributed by atoms with Crippen LogP contribution in [0.25, 0.3) is 6.08 Å². The molecule has 0 aromatic heterocycles. The molecule has 0 amide bonds. The number of hydrogen-bond acceptors (Lipinski definition) is 11. The van der Waals surface area contributed by atoms with Crippen LogP contribution in [0.15, 0.2) is 42.5 Å². The number of carboxylic acid groups (broad SMARTS) is 1. The second kappa shape index (κ2) is 13.2. The van der Waals surface area contributed by atoms with Gasteiger partial charge in [0.15, 0.2) is 34.9 Å². The van der Waals surface area contributed by atoms with Crippen molar-refractivity contribution in [3.05, 3.63) is 53.6 Å². The van der Waals surface area contributed by atoms with Gasteiger partial charge in [0.25, 0.3) is 0 Å². The number of carbonyl (C=O) groups is 3. The smallest absolute Gasteiger partial charge is 0.335 e. The third-order valence-corrected chi connectivity index (χ3v) is 6.01. The van der Waals surface area contributed by atoms with Gasteiger partial charge in [0.1, 0.15) is 24.1 Å². The molecule has 2 aromatic carbocycles. The lowest BCUT2D eigenvalue weighted by molar-refractivity contribution is -0.271. The topological polar surface area (TPSA) is 189 Å². The number of allylic oxidation sites excluding steroid dienone is 1. The van der Waals surface area contributed by atoms with E-state index in [1.165, 1.54) is 50.6 Å². The number of rotatable bonds is 12. The summed E-state index contributed by atoms with van der Waals surface area (Å²) in [6.45, 7) is 0. The van der Waals surface area contributed by atoms with Crippen LogP contribution in [0.3, 0.4) is 0 Å². The van der Waals surface area contributed by atoms with Crippen LogP contribution in [-0.4, -0.2) is 88.0 Å². The highest BCUT2D eigenvalue weighted by Gasteiger charge is 2.48. The highest BCUT2D eigenvalue weighted by molar-refractivity contribution is 6.06. The van der Waals surface area contributed by atoms with Gasteiger partial charge in [-0.1, -0.05) is 18.2 Å². The Morgan fingerprint density at radius 2 is 1.64 bits per heavy atom. The first-order valence-electron chi connectivity index (χ1n) is 11.9. The molecule has 3 rings (SSSR count). The maximum atomic E-state index is 12.3. The lowest BCUT2D eigenvalue weighted by Gasteiger charge is -2.38. The van der Waals surface area contributed by atoms with Crippen molar-refractivity contribution in [3.8, 4) is 23.0 Å². The largest absolute Gasteiger partial charge is 0.504 e. The molecule has 12 nitrogen and oxygen atoms in total. The first-order chi connectivity index (χ1) is 18.5. The SMILES string of the molecule is COc1cc(CCC(=O)CC(=O)/C=C\c2ccc(O[C@@H]3O[C@@H](C(=O)O)[C@@H](O)[C@@H](O)[C@@H]3O)c(OC)c2)ccc1O. The van der Waals surface area contributed by atoms with E-state index < -0.39 is 42.5 Å². The van der Waals surface area contributed by atoms with E-state index >= 15 is 0 Å². The van der Waals surface area contributed by atoms with Gasteiger partial charge in [-0.15, -0.1) is 0 Å². The number of phenolic OH excluding ortho intramolecular Hbond substituents is 1. The number of aryl methyl sites for hydroxylation is 1. The fraction of sp³-hybridized carbons (Fsp3) is 0.370. The van der Waals surface area contributed by atoms with Crippen LogP contribution >= 0.6 is 0 Å². The second-order valence-electron chi connectivity index (χ2n) is 8.78. The standard InChI is InChI=1S/C27H30O12/c1-36-20-11-14(5-9-18(20)30)3-7-16(28)13-17(29)8-4-15-6-10-19(21(12-15)37-2)38-27-24(33)22(31)23(32)25(39-27)26(34)35/h4-6,8-12,22-25,27,30-33H,3,7,13H2,1-2H3,(H,34,35)/b8-4-/t22-,23+,24+,25-,27-/m1/s1. The van der Waals surface area contributed by atoms with Crippen molar-refractivity contribution < 1.29 is 58.9 Å². The highest BCUT2D eigenvalue weighted by atomic mass is 16.7. The Hall–Kier alpha value is -3.97. The fourth-order valence-corrected chi connectivity index (χ4v) is 3.85. The number of methoxy groups -OCH3 is 2. The number of carbonyl (C=O) groups excluding carboxylic acids is 2. The number of Topliss-reactive ketones (excluding diaryl/α,β-unsaturated/α-hetero) is 1. The van der Waals surface area contributed by atoms with Crippen molar-refractivity contribution in [3.63, 3.8) is 0 Å². The minimum absolute atomic E-state index is 0.00510. The van der Waals surface area contributed by atoms with Gasteiger partial charge in [-0.05, 0) is 47.9 Å². The summed E-state index contributed by atoms with van der Waals surface area (Å²) >= 11 is 0. The summed E-state index contributed by atoms with van der Waals surface area (Å²) in [5.74, 6) is -1.72. The van der Waals surface area contributed by atoms with Crippen molar-refractivity contribution in [2.24, 2.45) is 0 Å². The summed E-state index contributed by atoms with van der Waals surface area (Å²) in [6.07, 6.45) is -5.91. The zero-order chi connectivity index (χ0) is 28.7. The van der Waals surface area contributed by atoms with Gasteiger partial charge in [-0.25, -0.2) is 4.79 Å². The highest BCUT2D eigenvalue weighted by Crippen LogP contribution is 2.32. The molecule has 5 atom stereocenters. The molecule has 210 valence electrons. The minimum Gasteiger partial charge on any atom is -0.504 e. The zero-order valence-electron chi connectivity index (χ0n) is 21.2. The molecule has 0 radical (unpaired) electrons.